The number of ether oxygens (including phenoxy) is 1. The first-order valence-corrected chi connectivity index (χ1v) is 11.8. The van der Waals surface area contributed by atoms with Crippen LogP contribution in [0, 0.1) is 5.82 Å². The Balaban J connectivity index is 2.81. The van der Waals surface area contributed by atoms with Gasteiger partial charge >= 0.3 is 21.7 Å². The van der Waals surface area contributed by atoms with Crippen molar-refractivity contribution < 1.29 is 44.8 Å². The lowest BCUT2D eigenvalue weighted by atomic mass is 9.91. The molecular formula is C22H26F4N2O6S. The number of nitrogens with zero attached hydrogens (tertiary/aromatic N) is 1. The molecule has 0 fully saturated rings. The van der Waals surface area contributed by atoms with E-state index in [9.17, 15) is 35.9 Å². The molecule has 2 rings (SSSR count). The number of halogens is 4. The van der Waals surface area contributed by atoms with E-state index >= 15 is 0 Å². The van der Waals surface area contributed by atoms with Crippen LogP contribution in [0.25, 0.3) is 11.1 Å². The quantitative estimate of drug-likeness (QED) is 0.306. The fourth-order valence-electron chi connectivity index (χ4n) is 3.12. The van der Waals surface area contributed by atoms with Crippen LogP contribution >= 0.6 is 0 Å². The van der Waals surface area contributed by atoms with E-state index in [0.29, 0.717) is 0 Å². The molecule has 1 amide bonds. The van der Waals surface area contributed by atoms with Gasteiger partial charge in [0.15, 0.2) is 0 Å². The Hall–Kier alpha value is -2.93. The maximum atomic E-state index is 13.6. The van der Waals surface area contributed by atoms with Gasteiger partial charge in [-0.3, -0.25) is 0 Å². The van der Waals surface area contributed by atoms with Crippen molar-refractivity contribution in [2.24, 2.45) is 0 Å². The molecule has 0 aliphatic rings. The van der Waals surface area contributed by atoms with Crippen LogP contribution in [0.2, 0.25) is 0 Å². The zero-order valence-corrected chi connectivity index (χ0v) is 20.5. The zero-order chi connectivity index (χ0) is 26.8. The second kappa shape index (κ2) is 10.4. The van der Waals surface area contributed by atoms with Crippen LogP contribution < -0.4 is 9.50 Å². The van der Waals surface area contributed by atoms with Crippen LogP contribution in [0.1, 0.15) is 57.4 Å². The summed E-state index contributed by atoms with van der Waals surface area (Å²) >= 11 is 0. The van der Waals surface area contributed by atoms with Gasteiger partial charge < -0.3 is 19.3 Å². The highest BCUT2D eigenvalue weighted by atomic mass is 32.2. The van der Waals surface area contributed by atoms with E-state index in [4.69, 9.17) is 4.74 Å². The van der Waals surface area contributed by atoms with Gasteiger partial charge in [0, 0.05) is 11.1 Å². The van der Waals surface area contributed by atoms with Gasteiger partial charge in [0.25, 0.3) is 0 Å². The number of nitrogens with one attached hydrogen (secondary N) is 1. The van der Waals surface area contributed by atoms with E-state index in [-0.39, 0.29) is 27.9 Å². The van der Waals surface area contributed by atoms with Gasteiger partial charge in [-0.25, -0.2) is 14.2 Å². The minimum Gasteiger partial charge on any atom is -0.444 e. The number of benzene rings is 1. The number of alkyl carbamates (subject to hydrolysis) is 1. The van der Waals surface area contributed by atoms with Crippen LogP contribution in [-0.2, 0) is 28.0 Å². The first-order valence-electron chi connectivity index (χ1n) is 10.4. The summed E-state index contributed by atoms with van der Waals surface area (Å²) in [7, 11) is -6.14. The number of carbonyl (C=O) groups is 1. The maximum absolute atomic E-state index is 13.6. The molecule has 0 saturated heterocycles. The molecule has 0 bridgehead atoms. The van der Waals surface area contributed by atoms with Crippen molar-refractivity contribution >= 4 is 16.2 Å². The molecule has 1 aromatic heterocycles. The van der Waals surface area contributed by atoms with E-state index < -0.39 is 58.1 Å². The lowest BCUT2D eigenvalue weighted by Crippen LogP contribution is -2.33. The largest absolute Gasteiger partial charge is 0.534 e. The topological polar surface area (TPSA) is 115 Å². The molecular weight excluding hydrogens is 496 g/mol. The van der Waals surface area contributed by atoms with Gasteiger partial charge in [-0.15, -0.1) is 0 Å². The summed E-state index contributed by atoms with van der Waals surface area (Å²) in [6, 6.07) is 4.72. The summed E-state index contributed by atoms with van der Waals surface area (Å²) in [4.78, 5) is 16.2. The predicted octanol–water partition coefficient (Wildman–Crippen LogP) is 4.76. The standard InChI is InChI=1S/C22H26F4N2O6S/c1-12(2)18-16(11-29)17(13-6-8-14(23)9-7-13)15(10-27-20(30)33-21(3,4)5)19(28-18)34-35(31,32)22(24,25)26/h6-9,12,29H,10-11H2,1-5H3,(H,27,30). The smallest absolute Gasteiger partial charge is 0.444 e. The number of aliphatic hydroxyl groups is 1. The van der Waals surface area contributed by atoms with Crippen molar-refractivity contribution in [3.05, 3.63) is 46.9 Å². The molecule has 0 atom stereocenters. The lowest BCUT2D eigenvalue weighted by Gasteiger charge is -2.23. The lowest BCUT2D eigenvalue weighted by molar-refractivity contribution is -0.0501. The van der Waals surface area contributed by atoms with E-state index in [1.807, 2.05) is 0 Å². The van der Waals surface area contributed by atoms with Crippen molar-refractivity contribution in [2.45, 2.75) is 64.8 Å². The highest BCUT2D eigenvalue weighted by Gasteiger charge is 2.49. The fourth-order valence-corrected chi connectivity index (χ4v) is 3.56. The van der Waals surface area contributed by atoms with Gasteiger partial charge in [0.2, 0.25) is 5.88 Å². The highest BCUT2D eigenvalue weighted by molar-refractivity contribution is 7.87. The first-order chi connectivity index (χ1) is 16.0. The summed E-state index contributed by atoms with van der Waals surface area (Å²) in [5.74, 6) is -2.04. The van der Waals surface area contributed by atoms with Crippen LogP contribution in [0.15, 0.2) is 24.3 Å². The summed E-state index contributed by atoms with van der Waals surface area (Å²) in [5.41, 5.74) is -6.49. The third kappa shape index (κ3) is 7.04. The SMILES string of the molecule is CC(C)c1nc(OS(=O)(=O)C(F)(F)F)c(CNC(=O)OC(C)(C)C)c(-c2ccc(F)cc2)c1CO. The first kappa shape index (κ1) is 28.3. The van der Waals surface area contributed by atoms with E-state index in [2.05, 4.69) is 14.5 Å². The molecule has 13 heteroatoms. The number of carbonyl (C=O) groups excluding carboxylic acids is 1. The Labute approximate surface area is 200 Å². The Morgan fingerprint density at radius 2 is 1.69 bits per heavy atom. The Morgan fingerprint density at radius 1 is 1.11 bits per heavy atom. The molecule has 1 heterocycles. The molecule has 35 heavy (non-hydrogen) atoms. The normalized spacial score (nSPS) is 12.5. The summed E-state index contributed by atoms with van der Waals surface area (Å²) in [6.07, 6.45) is -0.953. The number of pyridine rings is 1. The zero-order valence-electron chi connectivity index (χ0n) is 19.7. The molecule has 194 valence electrons. The number of aliphatic hydroxyl groups excluding tert-OH is 1. The number of hydrogen-bond donors (Lipinski definition) is 2. The third-order valence-electron chi connectivity index (χ3n) is 4.51. The molecule has 2 aromatic rings. The number of alkyl halides is 3. The van der Waals surface area contributed by atoms with Crippen LogP contribution in [0.4, 0.5) is 22.4 Å². The van der Waals surface area contributed by atoms with Crippen molar-refractivity contribution in [1.29, 1.82) is 0 Å². The highest BCUT2D eigenvalue weighted by Crippen LogP contribution is 2.39. The van der Waals surface area contributed by atoms with Crippen LogP contribution in [0.3, 0.4) is 0 Å². The Bertz CT molecular complexity index is 1170. The van der Waals surface area contributed by atoms with Crippen molar-refractivity contribution in [2.75, 3.05) is 0 Å². The number of amides is 1. The summed E-state index contributed by atoms with van der Waals surface area (Å²) < 4.78 is 86.1. The van der Waals surface area contributed by atoms with E-state index in [1.165, 1.54) is 12.1 Å². The van der Waals surface area contributed by atoms with Gasteiger partial charge in [0.1, 0.15) is 11.4 Å². The average Bonchev–Trinajstić information content (AvgIpc) is 2.70. The summed E-state index contributed by atoms with van der Waals surface area (Å²) in [6.45, 7) is 6.78. The predicted molar refractivity (Wildman–Crippen MR) is 118 cm³/mol. The van der Waals surface area contributed by atoms with Crippen molar-refractivity contribution in [3.63, 3.8) is 0 Å². The molecule has 0 saturated carbocycles. The van der Waals surface area contributed by atoms with E-state index in [1.54, 1.807) is 34.6 Å². The fraction of sp³-hybridized carbons (Fsp3) is 0.455. The maximum Gasteiger partial charge on any atom is 0.534 e. The molecule has 0 spiro atoms. The molecule has 0 unspecified atom stereocenters. The summed E-state index contributed by atoms with van der Waals surface area (Å²) in [5, 5.41) is 12.4. The molecule has 8 nitrogen and oxygen atoms in total. The molecule has 0 aliphatic carbocycles. The monoisotopic (exact) mass is 522 g/mol. The van der Waals surface area contributed by atoms with E-state index in [0.717, 1.165) is 12.1 Å². The number of aromatic nitrogens is 1. The van der Waals surface area contributed by atoms with Crippen molar-refractivity contribution in [3.8, 4) is 17.0 Å². The van der Waals surface area contributed by atoms with Crippen LogP contribution in [0.5, 0.6) is 5.88 Å². The number of rotatable bonds is 7. The molecule has 0 radical (unpaired) electrons. The van der Waals surface area contributed by atoms with Gasteiger partial charge in [-0.2, -0.15) is 21.6 Å². The molecule has 1 aromatic carbocycles. The second-order valence-electron chi connectivity index (χ2n) is 8.79. The minimum atomic E-state index is -6.14. The molecule has 2 N–H and O–H groups in total. The van der Waals surface area contributed by atoms with Gasteiger partial charge in [-0.1, -0.05) is 26.0 Å². The Kier molecular flexibility index (Phi) is 8.38. The minimum absolute atomic E-state index is 0.0367. The average molecular weight is 523 g/mol. The molecule has 0 aliphatic heterocycles. The number of hydrogen-bond acceptors (Lipinski definition) is 7. The second-order valence-corrected chi connectivity index (χ2v) is 10.3. The van der Waals surface area contributed by atoms with Crippen molar-refractivity contribution in [1.82, 2.24) is 10.3 Å². The Morgan fingerprint density at radius 3 is 2.14 bits per heavy atom. The van der Waals surface area contributed by atoms with Gasteiger partial charge in [-0.05, 0) is 49.9 Å². The third-order valence-corrected chi connectivity index (χ3v) is 5.46. The van der Waals surface area contributed by atoms with Gasteiger partial charge in [0.05, 0.1) is 18.8 Å². The van der Waals surface area contributed by atoms with Crippen LogP contribution in [-0.4, -0.2) is 35.7 Å².